The van der Waals surface area contributed by atoms with Gasteiger partial charge in [-0.05, 0) is 24.5 Å². The van der Waals surface area contributed by atoms with Gasteiger partial charge in [-0.15, -0.1) is 0 Å². The molecule has 0 aromatic heterocycles. The first-order chi connectivity index (χ1) is 10.4. The van der Waals surface area contributed by atoms with Crippen LogP contribution in [0.15, 0.2) is 30.3 Å². The number of nitrogens with two attached hydrogens (primary N) is 1. The van der Waals surface area contributed by atoms with Crippen molar-refractivity contribution in [3.8, 4) is 0 Å². The normalized spacial score (nSPS) is 11.6. The maximum atomic E-state index is 11.7. The topological polar surface area (TPSA) is 113 Å². The molecule has 0 heterocycles. The van der Waals surface area contributed by atoms with Crippen LogP contribution in [0, 0.1) is 5.92 Å². The number of benzene rings is 1. The van der Waals surface area contributed by atoms with Gasteiger partial charge in [0.2, 0.25) is 0 Å². The van der Waals surface area contributed by atoms with Crippen molar-refractivity contribution in [2.75, 3.05) is 6.54 Å². The van der Waals surface area contributed by atoms with Crippen LogP contribution in [0.4, 0.5) is 0 Å². The minimum absolute atomic E-state index is 0.243. The van der Waals surface area contributed by atoms with E-state index in [2.05, 4.69) is 16.2 Å². The smallest absolute Gasteiger partial charge is 0.257 e. The van der Waals surface area contributed by atoms with Gasteiger partial charge in [0.05, 0.1) is 12.6 Å². The van der Waals surface area contributed by atoms with Crippen LogP contribution < -0.4 is 21.9 Å². The van der Waals surface area contributed by atoms with Crippen LogP contribution in [-0.2, 0) is 9.59 Å². The summed E-state index contributed by atoms with van der Waals surface area (Å²) in [4.78, 5) is 34.9. The summed E-state index contributed by atoms with van der Waals surface area (Å²) in [7, 11) is 0. The molecule has 0 radical (unpaired) electrons. The summed E-state index contributed by atoms with van der Waals surface area (Å²) in [6.07, 6.45) is 0.520. The zero-order valence-corrected chi connectivity index (χ0v) is 12.8. The number of rotatable bonds is 6. The molecule has 7 nitrogen and oxygen atoms in total. The fraction of sp³-hybridized carbons (Fsp3) is 0.400. The van der Waals surface area contributed by atoms with Gasteiger partial charge in [0, 0.05) is 5.56 Å². The number of hydrazine groups is 1. The van der Waals surface area contributed by atoms with Gasteiger partial charge in [0.15, 0.2) is 0 Å². The van der Waals surface area contributed by atoms with Gasteiger partial charge in [-0.3, -0.25) is 25.2 Å². The molecule has 3 amide bonds. The molecule has 1 unspecified atom stereocenters. The standard InChI is InChI=1S/C15H22N4O3/c1-10(2)8-12(16)15(22)19-18-13(20)9-17-14(21)11-6-4-3-5-7-11/h3-7,10,12H,8-9,16H2,1-2H3,(H,17,21)(H,18,20)(H,19,22). The number of nitrogens with one attached hydrogen (secondary N) is 3. The van der Waals surface area contributed by atoms with Gasteiger partial charge in [-0.2, -0.15) is 0 Å². The van der Waals surface area contributed by atoms with Crippen LogP contribution in [0.25, 0.3) is 0 Å². The van der Waals surface area contributed by atoms with Crippen molar-refractivity contribution < 1.29 is 14.4 Å². The number of hydrogen-bond acceptors (Lipinski definition) is 4. The predicted molar refractivity (Wildman–Crippen MR) is 82.5 cm³/mol. The Balaban J connectivity index is 2.29. The van der Waals surface area contributed by atoms with E-state index in [-0.39, 0.29) is 18.4 Å². The van der Waals surface area contributed by atoms with Gasteiger partial charge in [0.1, 0.15) is 0 Å². The summed E-state index contributed by atoms with van der Waals surface area (Å²) in [6.45, 7) is 3.66. The SMILES string of the molecule is CC(C)CC(N)C(=O)NNC(=O)CNC(=O)c1ccccc1. The van der Waals surface area contributed by atoms with E-state index in [1.165, 1.54) is 0 Å². The minimum Gasteiger partial charge on any atom is -0.343 e. The third-order valence-corrected chi connectivity index (χ3v) is 2.83. The predicted octanol–water partition coefficient (Wildman–Crippen LogP) is -0.0628. The molecular formula is C15H22N4O3. The van der Waals surface area contributed by atoms with Crippen molar-refractivity contribution in [3.05, 3.63) is 35.9 Å². The highest BCUT2D eigenvalue weighted by Gasteiger charge is 2.15. The van der Waals surface area contributed by atoms with Gasteiger partial charge in [0.25, 0.3) is 17.7 Å². The molecule has 0 aliphatic heterocycles. The van der Waals surface area contributed by atoms with E-state index in [1.807, 2.05) is 13.8 Å². The third kappa shape index (κ3) is 6.36. The van der Waals surface area contributed by atoms with Crippen LogP contribution in [-0.4, -0.2) is 30.3 Å². The first-order valence-electron chi connectivity index (χ1n) is 7.07. The summed E-state index contributed by atoms with van der Waals surface area (Å²) >= 11 is 0. The maximum Gasteiger partial charge on any atom is 0.257 e. The average molecular weight is 306 g/mol. The maximum absolute atomic E-state index is 11.7. The van der Waals surface area contributed by atoms with E-state index >= 15 is 0 Å². The molecule has 0 bridgehead atoms. The van der Waals surface area contributed by atoms with E-state index in [4.69, 9.17) is 5.73 Å². The number of amides is 3. The summed E-state index contributed by atoms with van der Waals surface area (Å²) in [5.74, 6) is -1.08. The Morgan fingerprint density at radius 1 is 1.09 bits per heavy atom. The highest BCUT2D eigenvalue weighted by molar-refractivity contribution is 5.96. The average Bonchev–Trinajstić information content (AvgIpc) is 2.50. The molecule has 22 heavy (non-hydrogen) atoms. The summed E-state index contributed by atoms with van der Waals surface area (Å²) in [5, 5.41) is 2.45. The lowest BCUT2D eigenvalue weighted by Crippen LogP contribution is -2.51. The second-order valence-corrected chi connectivity index (χ2v) is 5.32. The van der Waals surface area contributed by atoms with Crippen molar-refractivity contribution in [2.24, 2.45) is 11.7 Å². The monoisotopic (exact) mass is 306 g/mol. The van der Waals surface area contributed by atoms with E-state index in [9.17, 15) is 14.4 Å². The Hall–Kier alpha value is -2.41. The fourth-order valence-corrected chi connectivity index (χ4v) is 1.74. The van der Waals surface area contributed by atoms with Crippen molar-refractivity contribution >= 4 is 17.7 Å². The second kappa shape index (κ2) is 8.78. The largest absolute Gasteiger partial charge is 0.343 e. The van der Waals surface area contributed by atoms with Crippen LogP contribution >= 0.6 is 0 Å². The quantitative estimate of drug-likeness (QED) is 0.551. The van der Waals surface area contributed by atoms with Crippen molar-refractivity contribution in [1.29, 1.82) is 0 Å². The number of carbonyl (C=O) groups is 3. The zero-order chi connectivity index (χ0) is 16.5. The first kappa shape index (κ1) is 17.6. The van der Waals surface area contributed by atoms with Crippen molar-refractivity contribution in [2.45, 2.75) is 26.3 Å². The van der Waals surface area contributed by atoms with Gasteiger partial charge in [-0.1, -0.05) is 32.0 Å². The second-order valence-electron chi connectivity index (χ2n) is 5.32. The molecule has 0 saturated carbocycles. The van der Waals surface area contributed by atoms with Crippen LogP contribution in [0.3, 0.4) is 0 Å². The van der Waals surface area contributed by atoms with Gasteiger partial charge >= 0.3 is 0 Å². The molecule has 1 aromatic rings. The van der Waals surface area contributed by atoms with E-state index < -0.39 is 17.9 Å². The number of hydrogen-bond donors (Lipinski definition) is 4. The van der Waals surface area contributed by atoms with Gasteiger partial charge < -0.3 is 11.1 Å². The highest BCUT2D eigenvalue weighted by atomic mass is 16.2. The molecule has 5 N–H and O–H groups in total. The molecule has 0 aliphatic carbocycles. The fourth-order valence-electron chi connectivity index (χ4n) is 1.74. The first-order valence-corrected chi connectivity index (χ1v) is 7.07. The Morgan fingerprint density at radius 2 is 1.73 bits per heavy atom. The molecule has 0 spiro atoms. The Morgan fingerprint density at radius 3 is 2.32 bits per heavy atom. The molecule has 0 saturated heterocycles. The van der Waals surface area contributed by atoms with Crippen LogP contribution in [0.1, 0.15) is 30.6 Å². The molecule has 0 fully saturated rings. The summed E-state index contributed by atoms with van der Waals surface area (Å²) in [6, 6.07) is 7.84. The van der Waals surface area contributed by atoms with E-state index in [0.717, 1.165) is 0 Å². The Labute approximate surface area is 129 Å². The highest BCUT2D eigenvalue weighted by Crippen LogP contribution is 2.01. The zero-order valence-electron chi connectivity index (χ0n) is 12.8. The lowest BCUT2D eigenvalue weighted by Gasteiger charge is -2.14. The third-order valence-electron chi connectivity index (χ3n) is 2.83. The lowest BCUT2D eigenvalue weighted by molar-refractivity contribution is -0.129. The van der Waals surface area contributed by atoms with Crippen LogP contribution in [0.2, 0.25) is 0 Å². The van der Waals surface area contributed by atoms with E-state index in [1.54, 1.807) is 30.3 Å². The molecule has 120 valence electrons. The molecule has 0 aliphatic rings. The Bertz CT molecular complexity index is 517. The molecular weight excluding hydrogens is 284 g/mol. The van der Waals surface area contributed by atoms with Crippen molar-refractivity contribution in [3.63, 3.8) is 0 Å². The molecule has 7 heteroatoms. The molecule has 1 rings (SSSR count). The van der Waals surface area contributed by atoms with Crippen LogP contribution in [0.5, 0.6) is 0 Å². The number of carbonyl (C=O) groups excluding carboxylic acids is 3. The summed E-state index contributed by atoms with van der Waals surface area (Å²) < 4.78 is 0. The van der Waals surface area contributed by atoms with E-state index in [0.29, 0.717) is 12.0 Å². The lowest BCUT2D eigenvalue weighted by atomic mass is 10.0. The summed E-state index contributed by atoms with van der Waals surface area (Å²) in [5.41, 5.74) is 10.6. The molecule has 1 aromatic carbocycles. The molecule has 1 atom stereocenters. The van der Waals surface area contributed by atoms with Gasteiger partial charge in [-0.25, -0.2) is 0 Å². The minimum atomic E-state index is -0.681. The Kier molecular flexibility index (Phi) is 7.04. The van der Waals surface area contributed by atoms with Crippen molar-refractivity contribution in [1.82, 2.24) is 16.2 Å².